The van der Waals surface area contributed by atoms with Crippen molar-refractivity contribution in [1.29, 1.82) is 0 Å². The SMILES string of the molecule is CC1=C(C(=O)OCCN2CCN(C(c3ccccc3)c3ccccc3)CC2)[C@@H](c2cccc([N+](=O)[O-])c2)C(P2(=O)O[C@H](C)C[C@H](C)O2)=C(C)N1. The molecule has 2 fully saturated rings. The number of esters is 1. The van der Waals surface area contributed by atoms with Crippen LogP contribution in [0.3, 0.4) is 0 Å². The normalized spacial score (nSPS) is 25.0. The van der Waals surface area contributed by atoms with Gasteiger partial charge in [-0.25, -0.2) is 4.79 Å². The van der Waals surface area contributed by atoms with E-state index < -0.39 is 24.4 Å². The number of non-ortho nitro benzene ring substituents is 1. The van der Waals surface area contributed by atoms with Gasteiger partial charge in [-0.15, -0.1) is 0 Å². The lowest BCUT2D eigenvalue weighted by atomic mass is 9.86. The fourth-order valence-corrected chi connectivity index (χ4v) is 9.86. The Labute approximate surface area is 293 Å². The van der Waals surface area contributed by atoms with Gasteiger partial charge in [0.25, 0.3) is 5.69 Å². The number of nitrogens with one attached hydrogen (secondary N) is 1. The zero-order valence-corrected chi connectivity index (χ0v) is 29.9. The quantitative estimate of drug-likeness (QED) is 0.101. The Hall–Kier alpha value is -4.12. The van der Waals surface area contributed by atoms with Crippen LogP contribution in [0.25, 0.3) is 0 Å². The molecule has 1 unspecified atom stereocenters. The minimum Gasteiger partial charge on any atom is -0.461 e. The van der Waals surface area contributed by atoms with Crippen LogP contribution in [-0.4, -0.2) is 72.2 Å². The second-order valence-corrected chi connectivity index (χ2v) is 15.2. The van der Waals surface area contributed by atoms with Gasteiger partial charge in [0.1, 0.15) is 6.61 Å². The van der Waals surface area contributed by atoms with Gasteiger partial charge >= 0.3 is 13.6 Å². The standard InChI is InChI=1S/C38H45N4O7P/c1-26-24-27(2)49-50(46,48-26)37-29(4)39-28(3)34(35(37)32-16-11-17-33(25-32)42(44)45)38(43)47-23-22-40-18-20-41(21-19-40)36(30-12-7-5-8-13-30)31-14-9-6-10-15-31/h5-17,25-27,35-36,39H,18-24H2,1-4H3/t26-,27+,35-,50?/m1/s1. The van der Waals surface area contributed by atoms with Gasteiger partial charge in [0, 0.05) is 62.7 Å². The second-order valence-electron chi connectivity index (χ2n) is 13.3. The number of carbonyl (C=O) groups excluding carboxylic acids is 1. The van der Waals surface area contributed by atoms with Gasteiger partial charge in [-0.3, -0.25) is 24.5 Å². The summed E-state index contributed by atoms with van der Waals surface area (Å²) in [6.45, 7) is 11.2. The van der Waals surface area contributed by atoms with Gasteiger partial charge < -0.3 is 19.1 Å². The molecular formula is C38H45N4O7P. The molecule has 0 radical (unpaired) electrons. The lowest BCUT2D eigenvalue weighted by Gasteiger charge is -2.40. The lowest BCUT2D eigenvalue weighted by Crippen LogP contribution is -2.48. The van der Waals surface area contributed by atoms with Crippen molar-refractivity contribution in [1.82, 2.24) is 15.1 Å². The van der Waals surface area contributed by atoms with Crippen LogP contribution in [0.2, 0.25) is 0 Å². The molecule has 11 nitrogen and oxygen atoms in total. The van der Waals surface area contributed by atoms with E-state index in [9.17, 15) is 19.5 Å². The molecule has 2 saturated heterocycles. The van der Waals surface area contributed by atoms with Gasteiger partial charge in [0.2, 0.25) is 0 Å². The third kappa shape index (κ3) is 7.77. The summed E-state index contributed by atoms with van der Waals surface area (Å²) >= 11 is 0. The van der Waals surface area contributed by atoms with Crippen molar-refractivity contribution in [2.24, 2.45) is 0 Å². The predicted molar refractivity (Wildman–Crippen MR) is 191 cm³/mol. The highest BCUT2D eigenvalue weighted by Gasteiger charge is 2.48. The van der Waals surface area contributed by atoms with Crippen molar-refractivity contribution in [3.05, 3.63) is 134 Å². The van der Waals surface area contributed by atoms with Gasteiger partial charge in [0.15, 0.2) is 0 Å². The number of ether oxygens (including phenoxy) is 1. The van der Waals surface area contributed by atoms with Crippen LogP contribution in [0, 0.1) is 10.1 Å². The van der Waals surface area contributed by atoms with Crippen molar-refractivity contribution in [3.63, 3.8) is 0 Å². The fraction of sp³-hybridized carbons (Fsp3) is 0.395. The number of carbonyl (C=O) groups is 1. The summed E-state index contributed by atoms with van der Waals surface area (Å²) in [5, 5.41) is 15.2. The highest BCUT2D eigenvalue weighted by molar-refractivity contribution is 7.58. The summed E-state index contributed by atoms with van der Waals surface area (Å²) in [6.07, 6.45) is -0.147. The first-order chi connectivity index (χ1) is 24.0. The van der Waals surface area contributed by atoms with Gasteiger partial charge in [-0.2, -0.15) is 0 Å². The van der Waals surface area contributed by atoms with Crippen LogP contribution in [0.1, 0.15) is 62.8 Å². The van der Waals surface area contributed by atoms with Gasteiger partial charge in [0.05, 0.1) is 40.0 Å². The smallest absolute Gasteiger partial charge is 0.360 e. The van der Waals surface area contributed by atoms with Crippen molar-refractivity contribution in [2.45, 2.75) is 58.3 Å². The van der Waals surface area contributed by atoms with E-state index in [2.05, 4.69) is 63.6 Å². The van der Waals surface area contributed by atoms with Crippen molar-refractivity contribution >= 4 is 19.3 Å². The predicted octanol–water partition coefficient (Wildman–Crippen LogP) is 7.14. The number of hydrogen-bond acceptors (Lipinski definition) is 10. The van der Waals surface area contributed by atoms with Crippen LogP contribution in [0.15, 0.2) is 107 Å². The van der Waals surface area contributed by atoms with E-state index in [4.69, 9.17) is 13.8 Å². The second kappa shape index (κ2) is 15.4. The Morgan fingerprint density at radius 3 is 2.10 bits per heavy atom. The maximum absolute atomic E-state index is 14.5. The Balaban J connectivity index is 1.17. The number of benzene rings is 3. The molecule has 0 amide bonds. The van der Waals surface area contributed by atoms with E-state index in [1.807, 2.05) is 26.0 Å². The molecule has 3 aliphatic rings. The van der Waals surface area contributed by atoms with E-state index >= 15 is 0 Å². The van der Waals surface area contributed by atoms with Crippen LogP contribution in [0.4, 0.5) is 5.69 Å². The highest BCUT2D eigenvalue weighted by Crippen LogP contribution is 2.67. The first kappa shape index (κ1) is 35.7. The van der Waals surface area contributed by atoms with E-state index in [0.717, 1.165) is 26.2 Å². The number of dihydropyridines is 1. The molecule has 1 N–H and O–H groups in total. The molecule has 3 aliphatic heterocycles. The molecule has 50 heavy (non-hydrogen) atoms. The highest BCUT2D eigenvalue weighted by atomic mass is 31.2. The zero-order valence-electron chi connectivity index (χ0n) is 29.0. The Bertz CT molecular complexity index is 1750. The molecule has 0 spiro atoms. The molecule has 0 saturated carbocycles. The Morgan fingerprint density at radius 1 is 0.920 bits per heavy atom. The number of hydrogen-bond donors (Lipinski definition) is 1. The number of allylic oxidation sites excluding steroid dienone is 3. The molecule has 264 valence electrons. The first-order valence-electron chi connectivity index (χ1n) is 17.2. The van der Waals surface area contributed by atoms with Crippen LogP contribution < -0.4 is 5.32 Å². The molecule has 3 aromatic carbocycles. The molecule has 0 aromatic heterocycles. The van der Waals surface area contributed by atoms with E-state index in [-0.39, 0.29) is 41.4 Å². The third-order valence-corrected chi connectivity index (χ3v) is 12.1. The first-order valence-corrected chi connectivity index (χ1v) is 18.7. The Kier molecular flexibility index (Phi) is 11.0. The molecule has 3 aromatic rings. The molecule has 0 aliphatic carbocycles. The summed E-state index contributed by atoms with van der Waals surface area (Å²) in [6, 6.07) is 27.3. The maximum Gasteiger partial charge on any atom is 0.360 e. The molecule has 6 rings (SSSR count). The minimum absolute atomic E-state index is 0.144. The van der Waals surface area contributed by atoms with Gasteiger partial charge in [-0.05, 0) is 44.4 Å². The van der Waals surface area contributed by atoms with Crippen molar-refractivity contribution in [2.75, 3.05) is 39.3 Å². The van der Waals surface area contributed by atoms with Crippen LogP contribution >= 0.6 is 7.60 Å². The van der Waals surface area contributed by atoms with Crippen molar-refractivity contribution in [3.8, 4) is 0 Å². The molecular weight excluding hydrogens is 655 g/mol. The topological polar surface area (TPSA) is 123 Å². The van der Waals surface area contributed by atoms with E-state index in [1.165, 1.54) is 23.3 Å². The van der Waals surface area contributed by atoms with E-state index in [0.29, 0.717) is 29.9 Å². The Morgan fingerprint density at radius 2 is 1.52 bits per heavy atom. The minimum atomic E-state index is -3.94. The number of rotatable bonds is 10. The summed E-state index contributed by atoms with van der Waals surface area (Å²) in [5.41, 5.74) is 4.04. The average Bonchev–Trinajstić information content (AvgIpc) is 3.09. The summed E-state index contributed by atoms with van der Waals surface area (Å²) in [5.74, 6) is -1.53. The monoisotopic (exact) mass is 700 g/mol. The number of nitrogens with zero attached hydrogens (tertiary/aromatic N) is 3. The average molecular weight is 701 g/mol. The molecule has 0 bridgehead atoms. The van der Waals surface area contributed by atoms with Crippen LogP contribution in [-0.2, 0) is 23.1 Å². The lowest BCUT2D eigenvalue weighted by molar-refractivity contribution is -0.384. The van der Waals surface area contributed by atoms with Crippen molar-refractivity contribution < 1.29 is 28.1 Å². The molecule has 4 atom stereocenters. The maximum atomic E-state index is 14.5. The van der Waals surface area contributed by atoms with Crippen LogP contribution in [0.5, 0.6) is 0 Å². The molecule has 3 heterocycles. The summed E-state index contributed by atoms with van der Waals surface area (Å²) < 4.78 is 32.4. The fourth-order valence-electron chi connectivity index (χ4n) is 7.40. The summed E-state index contributed by atoms with van der Waals surface area (Å²) in [4.78, 5) is 30.1. The summed E-state index contributed by atoms with van der Waals surface area (Å²) in [7, 11) is -3.94. The third-order valence-electron chi connectivity index (χ3n) is 9.60. The number of piperazine rings is 1. The zero-order chi connectivity index (χ0) is 35.4. The number of nitro benzene ring substituents is 1. The van der Waals surface area contributed by atoms with E-state index in [1.54, 1.807) is 26.0 Å². The van der Waals surface area contributed by atoms with Gasteiger partial charge in [-0.1, -0.05) is 72.8 Å². The molecule has 12 heteroatoms. The number of nitro groups is 1. The largest absolute Gasteiger partial charge is 0.461 e.